The second-order valence-corrected chi connectivity index (χ2v) is 6.38. The Labute approximate surface area is 130 Å². The van der Waals surface area contributed by atoms with Gasteiger partial charge in [-0.3, -0.25) is 0 Å². The Kier molecular flexibility index (Phi) is 3.74. The number of halogens is 1. The number of imidazole rings is 1. The lowest BCUT2D eigenvalue weighted by Gasteiger charge is -2.18. The topological polar surface area (TPSA) is 36.3 Å². The minimum Gasteiger partial charge on any atom is -0.493 e. The van der Waals surface area contributed by atoms with Crippen molar-refractivity contribution in [1.82, 2.24) is 9.55 Å². The van der Waals surface area contributed by atoms with Crippen LogP contribution in [0.1, 0.15) is 43.9 Å². The number of nitrogens with zero attached hydrogens (tertiary/aromatic N) is 2. The molecule has 0 aliphatic heterocycles. The van der Waals surface area contributed by atoms with Crippen molar-refractivity contribution in [2.24, 2.45) is 5.92 Å². The van der Waals surface area contributed by atoms with Gasteiger partial charge in [0, 0.05) is 18.2 Å². The third-order valence-electron chi connectivity index (χ3n) is 4.29. The maximum Gasteiger partial charge on any atom is 0.163 e. The predicted octanol–water partition coefficient (Wildman–Crippen LogP) is 4.32. The molecule has 2 unspecified atom stereocenters. The van der Waals surface area contributed by atoms with E-state index in [0.717, 1.165) is 28.5 Å². The minimum atomic E-state index is -0.129. The number of ether oxygens (including phenoxy) is 2. The Morgan fingerprint density at radius 1 is 1.19 bits per heavy atom. The molecule has 4 nitrogen and oxygen atoms in total. The summed E-state index contributed by atoms with van der Waals surface area (Å²) in [6, 6.07) is 4.33. The molecule has 1 aliphatic rings. The lowest BCUT2D eigenvalue weighted by Crippen LogP contribution is -2.11. The second-order valence-electron chi connectivity index (χ2n) is 5.73. The number of aromatic nitrogens is 2. The quantitative estimate of drug-likeness (QED) is 0.772. The van der Waals surface area contributed by atoms with Crippen molar-refractivity contribution in [3.8, 4) is 11.5 Å². The van der Waals surface area contributed by atoms with Gasteiger partial charge in [-0.1, -0.05) is 0 Å². The lowest BCUT2D eigenvalue weighted by molar-refractivity contribution is 0.355. The molecule has 0 spiro atoms. The van der Waals surface area contributed by atoms with E-state index in [1.807, 2.05) is 19.1 Å². The summed E-state index contributed by atoms with van der Waals surface area (Å²) in [4.78, 5) is 4.72. The number of benzene rings is 1. The molecule has 0 amide bonds. The summed E-state index contributed by atoms with van der Waals surface area (Å²) in [7, 11) is 3.29. The summed E-state index contributed by atoms with van der Waals surface area (Å²) < 4.78 is 13.1. The standard InChI is InChI=1S/C16H21ClN2O2/c1-9(17)16-18-12-7-14(20-3)15(21-4)8-13(12)19(16)10(2)11-5-6-11/h7-11H,5-6H2,1-4H3. The molecule has 0 radical (unpaired) electrons. The van der Waals surface area contributed by atoms with E-state index in [1.165, 1.54) is 12.8 Å². The first-order valence-electron chi connectivity index (χ1n) is 7.34. The summed E-state index contributed by atoms with van der Waals surface area (Å²) in [6.07, 6.45) is 2.56. The van der Waals surface area contributed by atoms with Gasteiger partial charge in [-0.05, 0) is 32.6 Å². The lowest BCUT2D eigenvalue weighted by atomic mass is 10.2. The van der Waals surface area contributed by atoms with Crippen molar-refractivity contribution in [3.63, 3.8) is 0 Å². The van der Waals surface area contributed by atoms with E-state index in [9.17, 15) is 0 Å². The van der Waals surface area contributed by atoms with Crippen LogP contribution in [-0.4, -0.2) is 23.8 Å². The molecule has 1 saturated carbocycles. The zero-order chi connectivity index (χ0) is 15.1. The highest BCUT2D eigenvalue weighted by molar-refractivity contribution is 6.20. The van der Waals surface area contributed by atoms with Crippen LogP contribution in [-0.2, 0) is 0 Å². The van der Waals surface area contributed by atoms with Crippen molar-refractivity contribution in [2.45, 2.75) is 38.1 Å². The Bertz CT molecular complexity index is 662. The molecule has 0 bridgehead atoms. The summed E-state index contributed by atoms with van der Waals surface area (Å²) >= 11 is 6.35. The van der Waals surface area contributed by atoms with Gasteiger partial charge in [-0.2, -0.15) is 0 Å². The summed E-state index contributed by atoms with van der Waals surface area (Å²) in [5, 5.41) is -0.129. The molecule has 2 aromatic rings. The molecule has 1 aliphatic carbocycles. The number of fused-ring (bicyclic) bond motifs is 1. The van der Waals surface area contributed by atoms with Crippen LogP contribution >= 0.6 is 11.6 Å². The van der Waals surface area contributed by atoms with E-state index >= 15 is 0 Å². The highest BCUT2D eigenvalue weighted by Crippen LogP contribution is 2.43. The van der Waals surface area contributed by atoms with Gasteiger partial charge in [0.25, 0.3) is 0 Å². The molecule has 1 aromatic carbocycles. The van der Waals surface area contributed by atoms with Gasteiger partial charge in [0.15, 0.2) is 11.5 Å². The summed E-state index contributed by atoms with van der Waals surface area (Å²) in [5.74, 6) is 3.07. The van der Waals surface area contributed by atoms with Crippen LogP contribution in [0.2, 0.25) is 0 Å². The van der Waals surface area contributed by atoms with E-state index in [4.69, 9.17) is 26.1 Å². The molecule has 1 aromatic heterocycles. The third kappa shape index (κ3) is 2.46. The van der Waals surface area contributed by atoms with Crippen LogP contribution in [0.5, 0.6) is 11.5 Å². The average Bonchev–Trinajstić information content (AvgIpc) is 3.25. The Morgan fingerprint density at radius 3 is 2.33 bits per heavy atom. The zero-order valence-electron chi connectivity index (χ0n) is 12.9. The highest BCUT2D eigenvalue weighted by Gasteiger charge is 2.32. The van der Waals surface area contributed by atoms with Crippen LogP contribution in [0, 0.1) is 5.92 Å². The Balaban J connectivity index is 2.23. The smallest absolute Gasteiger partial charge is 0.163 e. The van der Waals surface area contributed by atoms with Gasteiger partial charge in [-0.15, -0.1) is 11.6 Å². The van der Waals surface area contributed by atoms with E-state index in [1.54, 1.807) is 14.2 Å². The first-order valence-corrected chi connectivity index (χ1v) is 7.78. The van der Waals surface area contributed by atoms with Crippen LogP contribution < -0.4 is 9.47 Å². The average molecular weight is 309 g/mol. The predicted molar refractivity (Wildman–Crippen MR) is 84.5 cm³/mol. The minimum absolute atomic E-state index is 0.129. The van der Waals surface area contributed by atoms with Gasteiger partial charge in [0.05, 0.1) is 30.6 Å². The monoisotopic (exact) mass is 308 g/mol. The third-order valence-corrected chi connectivity index (χ3v) is 4.48. The molecular weight excluding hydrogens is 288 g/mol. The molecule has 21 heavy (non-hydrogen) atoms. The van der Waals surface area contributed by atoms with Gasteiger partial charge >= 0.3 is 0 Å². The van der Waals surface area contributed by atoms with Crippen molar-refractivity contribution in [3.05, 3.63) is 18.0 Å². The number of alkyl halides is 1. The van der Waals surface area contributed by atoms with Gasteiger partial charge in [0.2, 0.25) is 0 Å². The molecule has 114 valence electrons. The van der Waals surface area contributed by atoms with Gasteiger partial charge in [0.1, 0.15) is 5.82 Å². The van der Waals surface area contributed by atoms with Crippen molar-refractivity contribution < 1.29 is 9.47 Å². The molecule has 5 heteroatoms. The second kappa shape index (κ2) is 5.41. The summed E-state index contributed by atoms with van der Waals surface area (Å²) in [6.45, 7) is 4.21. The molecule has 0 saturated heterocycles. The van der Waals surface area contributed by atoms with E-state index in [2.05, 4.69) is 11.5 Å². The number of methoxy groups -OCH3 is 2. The molecular formula is C16H21ClN2O2. The first-order chi connectivity index (χ1) is 10.1. The van der Waals surface area contributed by atoms with Crippen LogP contribution in [0.25, 0.3) is 11.0 Å². The van der Waals surface area contributed by atoms with E-state index in [0.29, 0.717) is 11.8 Å². The fourth-order valence-electron chi connectivity index (χ4n) is 2.94. The van der Waals surface area contributed by atoms with Crippen LogP contribution in [0.15, 0.2) is 12.1 Å². The fraction of sp³-hybridized carbons (Fsp3) is 0.562. The SMILES string of the molecule is COc1cc2nc(C(C)Cl)n(C(C)C3CC3)c2cc1OC. The largest absolute Gasteiger partial charge is 0.493 e. The highest BCUT2D eigenvalue weighted by atomic mass is 35.5. The van der Waals surface area contributed by atoms with Crippen LogP contribution in [0.4, 0.5) is 0 Å². The number of hydrogen-bond donors (Lipinski definition) is 0. The van der Waals surface area contributed by atoms with Crippen molar-refractivity contribution in [1.29, 1.82) is 0 Å². The molecule has 1 fully saturated rings. The first kappa shape index (κ1) is 14.5. The summed E-state index contributed by atoms with van der Waals surface area (Å²) in [5.41, 5.74) is 1.97. The van der Waals surface area contributed by atoms with Gasteiger partial charge < -0.3 is 14.0 Å². The normalized spacial score (nSPS) is 17.8. The van der Waals surface area contributed by atoms with E-state index in [-0.39, 0.29) is 5.38 Å². The molecule has 0 N–H and O–H groups in total. The zero-order valence-corrected chi connectivity index (χ0v) is 13.6. The molecule has 1 heterocycles. The number of hydrogen-bond acceptors (Lipinski definition) is 3. The fourth-order valence-corrected chi connectivity index (χ4v) is 3.09. The van der Waals surface area contributed by atoms with Crippen molar-refractivity contribution >= 4 is 22.6 Å². The maximum atomic E-state index is 6.35. The van der Waals surface area contributed by atoms with Crippen molar-refractivity contribution in [2.75, 3.05) is 14.2 Å². The Hall–Kier alpha value is -1.42. The van der Waals surface area contributed by atoms with Gasteiger partial charge in [-0.25, -0.2) is 4.98 Å². The molecule has 3 rings (SSSR count). The molecule has 2 atom stereocenters. The van der Waals surface area contributed by atoms with Crippen LogP contribution in [0.3, 0.4) is 0 Å². The number of rotatable bonds is 5. The maximum absolute atomic E-state index is 6.35. The van der Waals surface area contributed by atoms with E-state index < -0.39 is 0 Å². The Morgan fingerprint density at radius 2 is 1.81 bits per heavy atom.